The van der Waals surface area contributed by atoms with Crippen LogP contribution in [-0.2, 0) is 14.6 Å². The molecule has 3 aromatic rings. The van der Waals surface area contributed by atoms with Gasteiger partial charge in [0, 0.05) is 27.5 Å². The van der Waals surface area contributed by atoms with Crippen LogP contribution in [0.5, 0.6) is 0 Å². The number of fused-ring (bicyclic) bond motifs is 1. The molecule has 1 amide bonds. The number of thiophene rings is 2. The zero-order valence-electron chi connectivity index (χ0n) is 13.4. The molecule has 0 radical (unpaired) electrons. The van der Waals surface area contributed by atoms with Crippen LogP contribution in [0.4, 0.5) is 5.69 Å². The molecule has 7 heteroatoms. The van der Waals surface area contributed by atoms with Crippen LogP contribution in [0.15, 0.2) is 56.9 Å². The van der Waals surface area contributed by atoms with Crippen molar-refractivity contribution in [2.24, 2.45) is 0 Å². The van der Waals surface area contributed by atoms with E-state index in [2.05, 4.69) is 5.32 Å². The fraction of sp³-hybridized carbons (Fsp3) is 0.167. The van der Waals surface area contributed by atoms with Crippen molar-refractivity contribution in [1.29, 1.82) is 0 Å². The minimum Gasteiger partial charge on any atom is -0.324 e. The highest BCUT2D eigenvalue weighted by atomic mass is 32.2. The molecular weight excluding hydrogens is 374 g/mol. The zero-order chi connectivity index (χ0) is 17.6. The number of aryl methyl sites for hydroxylation is 1. The summed E-state index contributed by atoms with van der Waals surface area (Å²) in [5.41, 5.74) is 1.44. The van der Waals surface area contributed by atoms with Crippen LogP contribution in [-0.4, -0.2) is 14.3 Å². The Labute approximate surface area is 154 Å². The lowest BCUT2D eigenvalue weighted by atomic mass is 9.97. The number of carbonyl (C=O) groups is 1. The van der Waals surface area contributed by atoms with Gasteiger partial charge in [0.05, 0.1) is 10.6 Å². The van der Waals surface area contributed by atoms with Gasteiger partial charge in [0.15, 0.2) is 0 Å². The SMILES string of the molecule is Cc1ccc(S(=O)(=O)c2csc3c2NC(=O)C[C@H]3c2cccs2)cc1. The van der Waals surface area contributed by atoms with Gasteiger partial charge in [-0.2, -0.15) is 0 Å². The normalized spacial score (nSPS) is 17.2. The predicted octanol–water partition coefficient (Wildman–Crippen LogP) is 4.42. The number of anilines is 1. The van der Waals surface area contributed by atoms with E-state index in [4.69, 9.17) is 0 Å². The van der Waals surface area contributed by atoms with Crippen LogP contribution in [0.25, 0.3) is 0 Å². The van der Waals surface area contributed by atoms with E-state index in [-0.39, 0.29) is 21.6 Å². The van der Waals surface area contributed by atoms with Crippen LogP contribution < -0.4 is 5.32 Å². The summed E-state index contributed by atoms with van der Waals surface area (Å²) in [4.78, 5) is 14.6. The molecule has 0 saturated carbocycles. The third kappa shape index (κ3) is 2.82. The monoisotopic (exact) mass is 389 g/mol. The predicted molar refractivity (Wildman–Crippen MR) is 100 cm³/mol. The highest BCUT2D eigenvalue weighted by Crippen LogP contribution is 2.46. The van der Waals surface area contributed by atoms with Crippen molar-refractivity contribution in [3.8, 4) is 0 Å². The molecule has 1 aromatic carbocycles. The van der Waals surface area contributed by atoms with Crippen molar-refractivity contribution in [3.05, 3.63) is 62.5 Å². The largest absolute Gasteiger partial charge is 0.324 e. The van der Waals surface area contributed by atoms with Gasteiger partial charge < -0.3 is 5.32 Å². The summed E-state index contributed by atoms with van der Waals surface area (Å²) in [5, 5.41) is 6.40. The second-order valence-corrected chi connectivity index (χ2v) is 9.78. The molecule has 0 bridgehead atoms. The van der Waals surface area contributed by atoms with E-state index in [1.165, 1.54) is 11.3 Å². The Bertz CT molecular complexity index is 1030. The van der Waals surface area contributed by atoms with Crippen molar-refractivity contribution in [3.63, 3.8) is 0 Å². The Morgan fingerprint density at radius 2 is 1.88 bits per heavy atom. The molecule has 4 rings (SSSR count). The quantitative estimate of drug-likeness (QED) is 0.721. The highest BCUT2D eigenvalue weighted by Gasteiger charge is 2.34. The zero-order valence-corrected chi connectivity index (χ0v) is 15.8. The van der Waals surface area contributed by atoms with Gasteiger partial charge in [-0.3, -0.25) is 4.79 Å². The summed E-state index contributed by atoms with van der Waals surface area (Å²) >= 11 is 2.98. The Morgan fingerprint density at radius 3 is 2.56 bits per heavy atom. The van der Waals surface area contributed by atoms with E-state index in [9.17, 15) is 13.2 Å². The minimum atomic E-state index is -3.67. The van der Waals surface area contributed by atoms with Crippen LogP contribution in [0.2, 0.25) is 0 Å². The number of nitrogens with one attached hydrogen (secondary N) is 1. The molecule has 4 nitrogen and oxygen atoms in total. The maximum atomic E-state index is 13.0. The van der Waals surface area contributed by atoms with Gasteiger partial charge in [-0.25, -0.2) is 8.42 Å². The topological polar surface area (TPSA) is 63.2 Å². The lowest BCUT2D eigenvalue weighted by Crippen LogP contribution is -2.23. The molecule has 1 N–H and O–H groups in total. The second-order valence-electron chi connectivity index (χ2n) is 5.98. The summed E-state index contributed by atoms with van der Waals surface area (Å²) in [7, 11) is -3.67. The molecule has 0 spiro atoms. The standard InChI is InChI=1S/C18H15NO3S3/c1-11-4-6-12(7-5-11)25(21,22)15-10-24-18-13(14-3-2-8-23-14)9-16(20)19-17(15)18/h2-8,10,13H,9H2,1H3,(H,19,20)/t13-/m0/s1. The molecule has 0 saturated heterocycles. The molecule has 0 fully saturated rings. The van der Waals surface area contributed by atoms with Crippen LogP contribution in [0.3, 0.4) is 0 Å². The van der Waals surface area contributed by atoms with Crippen LogP contribution in [0, 0.1) is 6.92 Å². The molecule has 1 aliphatic rings. The van der Waals surface area contributed by atoms with E-state index in [0.29, 0.717) is 12.1 Å². The molecule has 25 heavy (non-hydrogen) atoms. The first kappa shape index (κ1) is 16.5. The van der Waals surface area contributed by atoms with Gasteiger partial charge in [0.25, 0.3) is 0 Å². The Kier molecular flexibility index (Phi) is 4.02. The third-order valence-electron chi connectivity index (χ3n) is 4.26. The van der Waals surface area contributed by atoms with Gasteiger partial charge in [0.2, 0.25) is 15.7 Å². The van der Waals surface area contributed by atoms with Gasteiger partial charge in [-0.15, -0.1) is 22.7 Å². The molecule has 128 valence electrons. The number of carbonyl (C=O) groups excluding carboxylic acids is 1. The lowest BCUT2D eigenvalue weighted by Gasteiger charge is -2.22. The summed E-state index contributed by atoms with van der Waals surface area (Å²) in [6.07, 6.45) is 0.345. The van der Waals surface area contributed by atoms with Crippen LogP contribution in [0.1, 0.15) is 27.7 Å². The minimum absolute atomic E-state index is 0.0734. The summed E-state index contributed by atoms with van der Waals surface area (Å²) in [6, 6.07) is 10.7. The average molecular weight is 390 g/mol. The summed E-state index contributed by atoms with van der Waals surface area (Å²) in [6.45, 7) is 1.91. The Morgan fingerprint density at radius 1 is 1.12 bits per heavy atom. The molecule has 2 aromatic heterocycles. The van der Waals surface area contributed by atoms with Crippen molar-refractivity contribution >= 4 is 44.1 Å². The molecular formula is C18H15NO3S3. The van der Waals surface area contributed by atoms with E-state index in [1.807, 2.05) is 24.4 Å². The molecule has 1 aliphatic heterocycles. The van der Waals surface area contributed by atoms with Gasteiger partial charge >= 0.3 is 0 Å². The average Bonchev–Trinajstić information content (AvgIpc) is 3.24. The number of rotatable bonds is 3. The van der Waals surface area contributed by atoms with E-state index in [0.717, 1.165) is 15.3 Å². The number of sulfone groups is 1. The maximum absolute atomic E-state index is 13.0. The van der Waals surface area contributed by atoms with Crippen molar-refractivity contribution in [2.45, 2.75) is 29.1 Å². The van der Waals surface area contributed by atoms with Gasteiger partial charge in [-0.1, -0.05) is 23.8 Å². The smallest absolute Gasteiger partial charge is 0.225 e. The molecule has 3 heterocycles. The van der Waals surface area contributed by atoms with E-state index >= 15 is 0 Å². The first-order chi connectivity index (χ1) is 12.0. The molecule has 0 aliphatic carbocycles. The lowest BCUT2D eigenvalue weighted by molar-refractivity contribution is -0.116. The highest BCUT2D eigenvalue weighted by molar-refractivity contribution is 7.91. The number of amides is 1. The van der Waals surface area contributed by atoms with Gasteiger partial charge in [-0.05, 0) is 30.5 Å². The van der Waals surface area contributed by atoms with E-state index < -0.39 is 9.84 Å². The number of benzene rings is 1. The van der Waals surface area contributed by atoms with Crippen molar-refractivity contribution in [2.75, 3.05) is 5.32 Å². The third-order valence-corrected chi connectivity index (χ3v) is 8.29. The first-order valence-corrected chi connectivity index (χ1v) is 11.0. The van der Waals surface area contributed by atoms with Crippen molar-refractivity contribution in [1.82, 2.24) is 0 Å². The number of hydrogen-bond acceptors (Lipinski definition) is 5. The van der Waals surface area contributed by atoms with Crippen LogP contribution >= 0.6 is 22.7 Å². The summed E-state index contributed by atoms with van der Waals surface area (Å²) < 4.78 is 26.1. The Balaban J connectivity index is 1.83. The van der Waals surface area contributed by atoms with Crippen molar-refractivity contribution < 1.29 is 13.2 Å². The Hall–Kier alpha value is -1.96. The fourth-order valence-corrected chi connectivity index (χ4v) is 6.78. The maximum Gasteiger partial charge on any atom is 0.225 e. The second kappa shape index (κ2) is 6.09. The summed E-state index contributed by atoms with van der Waals surface area (Å²) in [5.74, 6) is -0.222. The molecule has 1 atom stereocenters. The van der Waals surface area contributed by atoms with Gasteiger partial charge in [0.1, 0.15) is 4.90 Å². The van der Waals surface area contributed by atoms with E-state index in [1.54, 1.807) is 41.0 Å². The first-order valence-electron chi connectivity index (χ1n) is 7.73. The number of hydrogen-bond donors (Lipinski definition) is 1. The molecule has 0 unspecified atom stereocenters. The fourth-order valence-electron chi connectivity index (χ4n) is 2.97.